The van der Waals surface area contributed by atoms with Crippen LogP contribution in [-0.4, -0.2) is 108 Å². The van der Waals surface area contributed by atoms with Crippen LogP contribution in [0.25, 0.3) is 0 Å². The van der Waals surface area contributed by atoms with Crippen molar-refractivity contribution < 1.29 is 38.4 Å². The van der Waals surface area contributed by atoms with Gasteiger partial charge in [0.1, 0.15) is 24.4 Å². The molecule has 0 aliphatic carbocycles. The van der Waals surface area contributed by atoms with E-state index in [0.29, 0.717) is 12.3 Å². The molecule has 10 nitrogen and oxygen atoms in total. The van der Waals surface area contributed by atoms with Crippen LogP contribution in [0.4, 0.5) is 0 Å². The average Bonchev–Trinajstić information content (AvgIpc) is 2.97. The number of likely N-dealkylation sites (tertiary alicyclic amines) is 1. The monoisotopic (exact) mass is 438 g/mol. The van der Waals surface area contributed by atoms with E-state index < -0.39 is 57.9 Å². The van der Waals surface area contributed by atoms with Crippen molar-refractivity contribution in [2.75, 3.05) is 19.8 Å². The predicted octanol–water partition coefficient (Wildman–Crippen LogP) is -2.18. The predicted molar refractivity (Wildman–Crippen MR) is 105 cm³/mol. The Morgan fingerprint density at radius 3 is 2.38 bits per heavy atom. The van der Waals surface area contributed by atoms with Gasteiger partial charge in [-0.05, 0) is 32.7 Å². The van der Waals surface area contributed by atoms with E-state index in [9.17, 15) is 33.6 Å². The van der Waals surface area contributed by atoms with Crippen LogP contribution in [0.5, 0.6) is 0 Å². The second kappa shape index (κ2) is 9.54. The minimum Gasteiger partial charge on any atom is -0.391 e. The number of likely N-dealkylation sites (N-methyl/N-ethyl adjacent to an activating group) is 1. The topological polar surface area (TPSA) is 157 Å². The molecule has 2 aliphatic rings. The number of aliphatic hydroxyl groups excluding tert-OH is 4. The summed E-state index contributed by atoms with van der Waals surface area (Å²) in [5.74, 6) is 0.0122. The summed E-state index contributed by atoms with van der Waals surface area (Å²) < 4.78 is 29.2. The number of amides is 1. The molecule has 2 aliphatic heterocycles. The third-order valence-electron chi connectivity index (χ3n) is 5.85. The van der Waals surface area contributed by atoms with Crippen molar-refractivity contribution in [2.24, 2.45) is 5.92 Å². The van der Waals surface area contributed by atoms with E-state index in [1.165, 1.54) is 6.92 Å². The molecule has 3 unspecified atom stereocenters. The fourth-order valence-corrected chi connectivity index (χ4v) is 5.29. The van der Waals surface area contributed by atoms with Gasteiger partial charge in [0.25, 0.3) is 0 Å². The number of hydrogen-bond donors (Lipinski definition) is 5. The fraction of sp³-hybridized carbons (Fsp3) is 0.944. The van der Waals surface area contributed by atoms with Gasteiger partial charge in [0.15, 0.2) is 15.3 Å². The molecular formula is C18H34N2O8S. The molecule has 2 rings (SSSR count). The number of nitrogens with zero attached hydrogens (tertiary/aromatic N) is 1. The van der Waals surface area contributed by atoms with Gasteiger partial charge in [-0.3, -0.25) is 9.69 Å². The van der Waals surface area contributed by atoms with Gasteiger partial charge in [-0.2, -0.15) is 0 Å². The lowest BCUT2D eigenvalue weighted by atomic mass is 9.92. The van der Waals surface area contributed by atoms with Crippen LogP contribution in [0.2, 0.25) is 0 Å². The van der Waals surface area contributed by atoms with Gasteiger partial charge in [-0.15, -0.1) is 0 Å². The standard InChI is InChI=1S/C18H34N2O8S/c1-5-6-10-7-11(20(3)8-10)17(25)19-12(9(2)21)16-14(23)13(22)15(24)18(28-16)29(4,26)27/h9-16,18,21-24H,5-8H2,1-4H3,(H,19,25)/t9-,10-,11?,12-,13-,14-,15?,16?,18-/m1/s1. The molecule has 0 aromatic carbocycles. The highest BCUT2D eigenvalue weighted by Crippen LogP contribution is 2.29. The number of carbonyl (C=O) groups excluding carboxylic acids is 1. The molecule has 0 aromatic rings. The van der Waals surface area contributed by atoms with E-state index in [4.69, 9.17) is 4.74 Å². The molecule has 0 aromatic heterocycles. The summed E-state index contributed by atoms with van der Waals surface area (Å²) in [6, 6.07) is -1.60. The highest BCUT2D eigenvalue weighted by atomic mass is 32.2. The van der Waals surface area contributed by atoms with E-state index >= 15 is 0 Å². The maximum Gasteiger partial charge on any atom is 0.237 e. The lowest BCUT2D eigenvalue weighted by Gasteiger charge is -2.43. The van der Waals surface area contributed by atoms with Crippen molar-refractivity contribution in [3.05, 3.63) is 0 Å². The summed E-state index contributed by atoms with van der Waals surface area (Å²) in [6.45, 7) is 4.22. The van der Waals surface area contributed by atoms with Crippen molar-refractivity contribution >= 4 is 15.7 Å². The molecular weight excluding hydrogens is 404 g/mol. The van der Waals surface area contributed by atoms with E-state index in [0.717, 1.165) is 25.6 Å². The molecule has 0 spiro atoms. The summed E-state index contributed by atoms with van der Waals surface area (Å²) in [4.78, 5) is 14.8. The largest absolute Gasteiger partial charge is 0.391 e. The highest BCUT2D eigenvalue weighted by Gasteiger charge is 2.51. The SMILES string of the molecule is CCC[C@@H]1CC(C(=O)N[C@@H](C2O[C@H](S(C)(=O)=O)C(O)[C@H](O)[C@H]2O)[C@@H](C)O)N(C)C1. The molecule has 2 fully saturated rings. The van der Waals surface area contributed by atoms with Gasteiger partial charge in [-0.1, -0.05) is 13.3 Å². The molecule has 0 radical (unpaired) electrons. The van der Waals surface area contributed by atoms with Crippen molar-refractivity contribution in [1.29, 1.82) is 0 Å². The van der Waals surface area contributed by atoms with Crippen LogP contribution in [0.15, 0.2) is 0 Å². The van der Waals surface area contributed by atoms with Crippen molar-refractivity contribution in [2.45, 2.75) is 81.1 Å². The van der Waals surface area contributed by atoms with Gasteiger partial charge in [0.2, 0.25) is 5.91 Å². The Kier molecular flexibility index (Phi) is 8.05. The number of ether oxygens (including phenoxy) is 1. The van der Waals surface area contributed by atoms with E-state index in [1.54, 1.807) is 0 Å². The lowest BCUT2D eigenvalue weighted by Crippen LogP contribution is -2.67. The molecule has 1 amide bonds. The molecule has 9 atom stereocenters. The second-order valence-corrected chi connectivity index (χ2v) is 10.5. The van der Waals surface area contributed by atoms with Crippen LogP contribution in [0.3, 0.4) is 0 Å². The summed E-state index contributed by atoms with van der Waals surface area (Å²) in [5.41, 5.74) is -1.79. The molecule has 2 heterocycles. The Balaban J connectivity index is 2.19. The number of nitrogens with one attached hydrogen (secondary N) is 1. The van der Waals surface area contributed by atoms with Crippen molar-refractivity contribution in [1.82, 2.24) is 10.2 Å². The first-order chi connectivity index (χ1) is 13.4. The molecule has 170 valence electrons. The molecule has 0 bridgehead atoms. The maximum absolute atomic E-state index is 12.9. The number of sulfone groups is 1. The van der Waals surface area contributed by atoms with Crippen LogP contribution in [0.1, 0.15) is 33.1 Å². The maximum atomic E-state index is 12.9. The zero-order chi connectivity index (χ0) is 22.1. The van der Waals surface area contributed by atoms with E-state index in [-0.39, 0.29) is 5.91 Å². The van der Waals surface area contributed by atoms with E-state index in [1.807, 2.05) is 11.9 Å². The first-order valence-corrected chi connectivity index (χ1v) is 11.9. The summed E-state index contributed by atoms with van der Waals surface area (Å²) in [6.07, 6.45) is -4.49. The van der Waals surface area contributed by atoms with Crippen LogP contribution < -0.4 is 5.32 Å². The zero-order valence-electron chi connectivity index (χ0n) is 17.3. The number of carbonyl (C=O) groups is 1. The molecule has 29 heavy (non-hydrogen) atoms. The number of aliphatic hydroxyl groups is 4. The summed E-state index contributed by atoms with van der Waals surface area (Å²) in [5, 5.41) is 43.3. The van der Waals surface area contributed by atoms with Gasteiger partial charge in [0.05, 0.1) is 18.2 Å². The molecule has 5 N–H and O–H groups in total. The smallest absolute Gasteiger partial charge is 0.237 e. The fourth-order valence-electron chi connectivity index (χ4n) is 4.29. The lowest BCUT2D eigenvalue weighted by molar-refractivity contribution is -0.212. The van der Waals surface area contributed by atoms with Crippen LogP contribution >= 0.6 is 0 Å². The van der Waals surface area contributed by atoms with Gasteiger partial charge >= 0.3 is 0 Å². The first kappa shape index (κ1) is 24.4. The number of hydrogen-bond acceptors (Lipinski definition) is 9. The molecule has 0 saturated carbocycles. The van der Waals surface area contributed by atoms with Gasteiger partial charge < -0.3 is 30.5 Å². The van der Waals surface area contributed by atoms with Gasteiger partial charge in [0, 0.05) is 12.8 Å². The Hall–Kier alpha value is -0.820. The van der Waals surface area contributed by atoms with Gasteiger partial charge in [-0.25, -0.2) is 8.42 Å². The van der Waals surface area contributed by atoms with Crippen molar-refractivity contribution in [3.8, 4) is 0 Å². The Morgan fingerprint density at radius 1 is 1.24 bits per heavy atom. The number of rotatable bonds is 7. The van der Waals surface area contributed by atoms with Crippen LogP contribution in [0, 0.1) is 5.92 Å². The second-order valence-electron chi connectivity index (χ2n) is 8.39. The minimum atomic E-state index is -3.94. The first-order valence-electron chi connectivity index (χ1n) is 9.95. The molecule has 2 saturated heterocycles. The molecule has 11 heteroatoms. The Bertz CT molecular complexity index is 673. The Morgan fingerprint density at radius 2 is 1.86 bits per heavy atom. The zero-order valence-corrected chi connectivity index (χ0v) is 18.1. The van der Waals surface area contributed by atoms with E-state index in [2.05, 4.69) is 12.2 Å². The van der Waals surface area contributed by atoms with Crippen LogP contribution in [-0.2, 0) is 19.4 Å². The highest BCUT2D eigenvalue weighted by molar-refractivity contribution is 7.91. The average molecular weight is 439 g/mol. The summed E-state index contributed by atoms with van der Waals surface area (Å²) >= 11 is 0. The third kappa shape index (κ3) is 5.46. The normalized spacial score (nSPS) is 38.6. The van der Waals surface area contributed by atoms with Crippen molar-refractivity contribution in [3.63, 3.8) is 0 Å². The third-order valence-corrected chi connectivity index (χ3v) is 7.08. The minimum absolute atomic E-state index is 0.371. The Labute approximate surface area is 171 Å². The quantitative estimate of drug-likeness (QED) is 0.298. The summed E-state index contributed by atoms with van der Waals surface area (Å²) in [7, 11) is -2.10.